The monoisotopic (exact) mass is 223 g/mol. The van der Waals surface area contributed by atoms with E-state index >= 15 is 0 Å². The molecule has 0 aliphatic carbocycles. The largest absolute Gasteiger partial charge is 0.323 e. The molecule has 0 saturated carbocycles. The minimum atomic E-state index is 0. The summed E-state index contributed by atoms with van der Waals surface area (Å²) in [5.41, 5.74) is 7.01. The fourth-order valence-corrected chi connectivity index (χ4v) is 1.79. The number of nitrogens with two attached hydrogens (primary N) is 1. The molecule has 0 atom stereocenters. The van der Waals surface area contributed by atoms with Crippen LogP contribution in [0.3, 0.4) is 0 Å². The predicted molar refractivity (Wildman–Crippen MR) is 66.3 cm³/mol. The number of nitrogen functional groups attached to an aromatic ring is 1. The Labute approximate surface area is 95.1 Å². The van der Waals surface area contributed by atoms with E-state index in [2.05, 4.69) is 36.4 Å². The van der Waals surface area contributed by atoms with Gasteiger partial charge in [-0.15, -0.1) is 12.4 Å². The summed E-state index contributed by atoms with van der Waals surface area (Å²) in [6, 6.07) is 6.07. The molecule has 3 N–H and O–H groups in total. The third-order valence-corrected chi connectivity index (χ3v) is 2.34. The van der Waals surface area contributed by atoms with Crippen molar-refractivity contribution < 1.29 is 0 Å². The zero-order valence-corrected chi connectivity index (χ0v) is 9.56. The highest BCUT2D eigenvalue weighted by Gasteiger charge is 2.04. The van der Waals surface area contributed by atoms with Crippen LogP contribution in [0.2, 0.25) is 0 Å². The summed E-state index contributed by atoms with van der Waals surface area (Å²) in [4.78, 5) is 4.32. The summed E-state index contributed by atoms with van der Waals surface area (Å²) < 4.78 is 0. The zero-order valence-electron chi connectivity index (χ0n) is 8.74. The van der Waals surface area contributed by atoms with Crippen molar-refractivity contribution in [2.45, 2.75) is 13.8 Å². The smallest absolute Gasteiger partial charge is 0.0728 e. The molecule has 3 nitrogen and oxygen atoms in total. The maximum Gasteiger partial charge on any atom is 0.0728 e. The van der Waals surface area contributed by atoms with Gasteiger partial charge in [0.25, 0.3) is 0 Å². The molecule has 1 aromatic carbocycles. The van der Waals surface area contributed by atoms with Crippen molar-refractivity contribution in [2.75, 3.05) is 5.43 Å². The number of aromatic nitrogens is 1. The van der Waals surface area contributed by atoms with Gasteiger partial charge in [0.1, 0.15) is 0 Å². The number of rotatable bonds is 1. The number of hydrogen-bond acceptors (Lipinski definition) is 3. The van der Waals surface area contributed by atoms with Gasteiger partial charge in [-0.05, 0) is 37.1 Å². The molecule has 80 valence electrons. The lowest BCUT2D eigenvalue weighted by atomic mass is 10.1. The molecule has 15 heavy (non-hydrogen) atoms. The molecule has 0 bridgehead atoms. The number of fused-ring (bicyclic) bond motifs is 1. The van der Waals surface area contributed by atoms with Gasteiger partial charge in [0.05, 0.1) is 11.2 Å². The van der Waals surface area contributed by atoms with Crippen LogP contribution in [-0.4, -0.2) is 4.98 Å². The number of halogens is 1. The number of nitrogens with one attached hydrogen (secondary N) is 1. The Morgan fingerprint density at radius 2 is 2.00 bits per heavy atom. The van der Waals surface area contributed by atoms with Gasteiger partial charge in [0, 0.05) is 11.6 Å². The quantitative estimate of drug-likeness (QED) is 0.577. The summed E-state index contributed by atoms with van der Waals surface area (Å²) in [6.07, 6.45) is 1.76. The van der Waals surface area contributed by atoms with E-state index in [0.29, 0.717) is 0 Å². The summed E-state index contributed by atoms with van der Waals surface area (Å²) in [5, 5.41) is 1.10. The lowest BCUT2D eigenvalue weighted by molar-refractivity contribution is 1.31. The molecule has 0 unspecified atom stereocenters. The molecule has 0 saturated heterocycles. The van der Waals surface area contributed by atoms with Crippen LogP contribution < -0.4 is 11.3 Å². The molecular formula is C11H14ClN3. The first-order valence-electron chi connectivity index (χ1n) is 4.55. The van der Waals surface area contributed by atoms with Crippen LogP contribution in [-0.2, 0) is 0 Å². The molecule has 0 radical (unpaired) electrons. The van der Waals surface area contributed by atoms with E-state index in [1.165, 1.54) is 11.1 Å². The minimum absolute atomic E-state index is 0. The van der Waals surface area contributed by atoms with Crippen molar-refractivity contribution in [1.82, 2.24) is 4.98 Å². The average Bonchev–Trinajstić information content (AvgIpc) is 2.16. The van der Waals surface area contributed by atoms with Gasteiger partial charge in [-0.2, -0.15) is 0 Å². The first-order valence-corrected chi connectivity index (χ1v) is 4.55. The van der Waals surface area contributed by atoms with Crippen molar-refractivity contribution in [3.63, 3.8) is 0 Å². The predicted octanol–water partition coefficient (Wildman–Crippen LogP) is 2.56. The Hall–Kier alpha value is -1.32. The fraction of sp³-hybridized carbons (Fsp3) is 0.182. The van der Waals surface area contributed by atoms with Crippen LogP contribution in [0.25, 0.3) is 10.9 Å². The number of hydrazine groups is 1. The fourth-order valence-electron chi connectivity index (χ4n) is 1.79. The summed E-state index contributed by atoms with van der Waals surface area (Å²) in [5.74, 6) is 5.45. The van der Waals surface area contributed by atoms with Crippen molar-refractivity contribution in [3.05, 3.63) is 35.5 Å². The van der Waals surface area contributed by atoms with Crippen molar-refractivity contribution in [1.29, 1.82) is 0 Å². The van der Waals surface area contributed by atoms with Gasteiger partial charge >= 0.3 is 0 Å². The molecule has 0 fully saturated rings. The third-order valence-electron chi connectivity index (χ3n) is 2.34. The number of anilines is 1. The maximum atomic E-state index is 5.45. The molecule has 0 amide bonds. The second-order valence-electron chi connectivity index (χ2n) is 3.48. The van der Waals surface area contributed by atoms with Crippen molar-refractivity contribution in [3.8, 4) is 0 Å². The highest BCUT2D eigenvalue weighted by atomic mass is 35.5. The number of nitrogens with zero attached hydrogens (tertiary/aromatic N) is 1. The maximum absolute atomic E-state index is 5.45. The normalized spacial score (nSPS) is 9.80. The van der Waals surface area contributed by atoms with Crippen LogP contribution in [0.5, 0.6) is 0 Å². The number of pyridine rings is 1. The zero-order chi connectivity index (χ0) is 10.1. The lowest BCUT2D eigenvalue weighted by Crippen LogP contribution is -2.07. The third kappa shape index (κ3) is 2.03. The van der Waals surface area contributed by atoms with E-state index in [9.17, 15) is 0 Å². The molecule has 4 heteroatoms. The topological polar surface area (TPSA) is 50.9 Å². The van der Waals surface area contributed by atoms with E-state index in [4.69, 9.17) is 5.84 Å². The second-order valence-corrected chi connectivity index (χ2v) is 3.48. The second kappa shape index (κ2) is 4.47. The molecule has 2 rings (SSSR count). The SMILES string of the molecule is Cc1cc(C)c2c(NN)ccnc2c1.Cl. The highest BCUT2D eigenvalue weighted by Crippen LogP contribution is 2.25. The van der Waals surface area contributed by atoms with Crippen LogP contribution in [0, 0.1) is 13.8 Å². The van der Waals surface area contributed by atoms with E-state index in [1.54, 1.807) is 6.20 Å². The molecule has 0 aliphatic heterocycles. The van der Waals surface area contributed by atoms with E-state index < -0.39 is 0 Å². The molecular weight excluding hydrogens is 210 g/mol. The first-order chi connectivity index (χ1) is 6.72. The lowest BCUT2D eigenvalue weighted by Gasteiger charge is -2.08. The number of aryl methyl sites for hydroxylation is 2. The van der Waals surface area contributed by atoms with Gasteiger partial charge < -0.3 is 5.43 Å². The van der Waals surface area contributed by atoms with Crippen LogP contribution >= 0.6 is 12.4 Å². The minimum Gasteiger partial charge on any atom is -0.323 e. The molecule has 2 aromatic rings. The standard InChI is InChI=1S/C11H13N3.ClH/c1-7-5-8(2)11-9(14-12)3-4-13-10(11)6-7;/h3-6H,12H2,1-2H3,(H,13,14);1H. The van der Waals surface area contributed by atoms with Gasteiger partial charge in [-0.1, -0.05) is 6.07 Å². The Balaban J connectivity index is 0.00000112. The Morgan fingerprint density at radius 1 is 1.27 bits per heavy atom. The Morgan fingerprint density at radius 3 is 2.67 bits per heavy atom. The average molecular weight is 224 g/mol. The van der Waals surface area contributed by atoms with E-state index in [1.807, 2.05) is 6.07 Å². The highest BCUT2D eigenvalue weighted by molar-refractivity contribution is 5.94. The van der Waals surface area contributed by atoms with Gasteiger partial charge in [-0.3, -0.25) is 10.8 Å². The summed E-state index contributed by atoms with van der Waals surface area (Å²) >= 11 is 0. The van der Waals surface area contributed by atoms with Crippen molar-refractivity contribution >= 4 is 29.0 Å². The first kappa shape index (κ1) is 11.8. The molecule has 1 heterocycles. The molecule has 0 aliphatic rings. The molecule has 1 aromatic heterocycles. The van der Waals surface area contributed by atoms with Crippen molar-refractivity contribution in [2.24, 2.45) is 5.84 Å². The van der Waals surface area contributed by atoms with Gasteiger partial charge in [0.2, 0.25) is 0 Å². The van der Waals surface area contributed by atoms with E-state index in [-0.39, 0.29) is 12.4 Å². The number of hydrogen-bond donors (Lipinski definition) is 2. The van der Waals surface area contributed by atoms with Gasteiger partial charge in [0.15, 0.2) is 0 Å². The Bertz CT molecular complexity index is 482. The van der Waals surface area contributed by atoms with Gasteiger partial charge in [-0.25, -0.2) is 0 Å². The van der Waals surface area contributed by atoms with Crippen LogP contribution in [0.4, 0.5) is 5.69 Å². The Kier molecular flexibility index (Phi) is 3.50. The summed E-state index contributed by atoms with van der Waals surface area (Å²) in [7, 11) is 0. The number of benzene rings is 1. The molecule has 0 spiro atoms. The van der Waals surface area contributed by atoms with E-state index in [0.717, 1.165) is 16.6 Å². The summed E-state index contributed by atoms with van der Waals surface area (Å²) in [6.45, 7) is 4.13. The van der Waals surface area contributed by atoms with Crippen LogP contribution in [0.1, 0.15) is 11.1 Å². The van der Waals surface area contributed by atoms with Crippen LogP contribution in [0.15, 0.2) is 24.4 Å².